The third-order valence-electron chi connectivity index (χ3n) is 10.5. The number of hydrogen-bond acceptors (Lipinski definition) is 4. The van der Waals surface area contributed by atoms with E-state index in [1.165, 1.54) is 0 Å². The van der Waals surface area contributed by atoms with Crippen LogP contribution >= 0.6 is 31.9 Å². The van der Waals surface area contributed by atoms with Gasteiger partial charge in [0.2, 0.25) is 0 Å². The van der Waals surface area contributed by atoms with Crippen LogP contribution in [0.1, 0.15) is 52.2 Å². The number of fused-ring (bicyclic) bond motifs is 4. The molecular weight excluding hydrogens is 664 g/mol. The fourth-order valence-corrected chi connectivity index (χ4v) is 10.1. The minimum absolute atomic E-state index is 0.0566. The van der Waals surface area contributed by atoms with Crippen molar-refractivity contribution in [3.05, 3.63) is 122 Å². The second-order valence-corrected chi connectivity index (χ2v) is 14.4. The van der Waals surface area contributed by atoms with Crippen molar-refractivity contribution in [3.8, 4) is 0 Å². The second kappa shape index (κ2) is 10.1. The number of benzene rings is 4. The number of halogens is 2. The maximum atomic E-state index is 15.7. The van der Waals surface area contributed by atoms with Gasteiger partial charge in [0.1, 0.15) is 5.54 Å². The molecule has 4 nitrogen and oxygen atoms in total. The SMILES string of the molecule is CN1C/C(=C\c2ccccc2Br)C(=O)[C@]2(C1)[C@@H](c1ccccc1Br)[C@@H]1CCCCN1[C@@]21C(=O)c2cccc3cccc1c23. The topological polar surface area (TPSA) is 40.6 Å². The van der Waals surface area contributed by atoms with E-state index in [2.05, 4.69) is 97.2 Å². The summed E-state index contributed by atoms with van der Waals surface area (Å²) in [6.45, 7) is 1.84. The number of piperidine rings is 2. The summed E-state index contributed by atoms with van der Waals surface area (Å²) < 4.78 is 1.95. The van der Waals surface area contributed by atoms with E-state index in [-0.39, 0.29) is 23.5 Å². The molecule has 8 rings (SSSR count). The van der Waals surface area contributed by atoms with E-state index in [0.717, 1.165) is 73.4 Å². The monoisotopic (exact) mass is 694 g/mol. The fraction of sp³-hybridized carbons (Fsp3) is 0.297. The van der Waals surface area contributed by atoms with Gasteiger partial charge in [-0.3, -0.25) is 14.5 Å². The first-order chi connectivity index (χ1) is 20.9. The lowest BCUT2D eigenvalue weighted by Crippen LogP contribution is -2.65. The van der Waals surface area contributed by atoms with Gasteiger partial charge in [-0.05, 0) is 72.1 Å². The Morgan fingerprint density at radius 1 is 0.837 bits per heavy atom. The maximum absolute atomic E-state index is 15.7. The van der Waals surface area contributed by atoms with Gasteiger partial charge in [-0.15, -0.1) is 0 Å². The van der Waals surface area contributed by atoms with E-state index >= 15 is 9.59 Å². The van der Waals surface area contributed by atoms with E-state index < -0.39 is 11.0 Å². The summed E-state index contributed by atoms with van der Waals surface area (Å²) in [6.07, 6.45) is 5.11. The van der Waals surface area contributed by atoms with Crippen LogP contribution in [0.2, 0.25) is 0 Å². The summed E-state index contributed by atoms with van der Waals surface area (Å²) >= 11 is 7.62. The summed E-state index contributed by atoms with van der Waals surface area (Å²) in [6, 6.07) is 28.9. The predicted molar refractivity (Wildman–Crippen MR) is 178 cm³/mol. The summed E-state index contributed by atoms with van der Waals surface area (Å²) in [5, 5.41) is 2.08. The van der Waals surface area contributed by atoms with Crippen LogP contribution in [-0.2, 0) is 10.3 Å². The average Bonchev–Trinajstić information content (AvgIpc) is 3.42. The van der Waals surface area contributed by atoms with E-state index in [1.807, 2.05) is 42.5 Å². The molecule has 3 fully saturated rings. The molecule has 2 spiro atoms. The number of Topliss-reactive ketones (excluding diaryl/α,β-unsaturated/α-hetero) is 2. The van der Waals surface area contributed by atoms with Crippen LogP contribution in [0.4, 0.5) is 0 Å². The van der Waals surface area contributed by atoms with E-state index in [0.29, 0.717) is 13.1 Å². The minimum Gasteiger partial charge on any atom is -0.301 e. The van der Waals surface area contributed by atoms with Crippen molar-refractivity contribution in [3.63, 3.8) is 0 Å². The average molecular weight is 696 g/mol. The molecule has 0 bridgehead atoms. The highest BCUT2D eigenvalue weighted by molar-refractivity contribution is 9.10. The second-order valence-electron chi connectivity index (χ2n) is 12.7. The van der Waals surface area contributed by atoms with Crippen LogP contribution in [0, 0.1) is 5.41 Å². The number of nitrogens with zero attached hydrogens (tertiary/aromatic N) is 2. The minimum atomic E-state index is -1.10. The summed E-state index contributed by atoms with van der Waals surface area (Å²) in [7, 11) is 2.11. The van der Waals surface area contributed by atoms with Crippen molar-refractivity contribution >= 4 is 60.3 Å². The van der Waals surface area contributed by atoms with Crippen LogP contribution in [0.15, 0.2) is 99.4 Å². The quantitative estimate of drug-likeness (QED) is 0.200. The first kappa shape index (κ1) is 27.6. The third kappa shape index (κ3) is 3.61. The lowest BCUT2D eigenvalue weighted by atomic mass is 9.54. The largest absolute Gasteiger partial charge is 0.301 e. The molecule has 0 saturated carbocycles. The Labute approximate surface area is 269 Å². The Morgan fingerprint density at radius 2 is 1.58 bits per heavy atom. The van der Waals surface area contributed by atoms with Crippen LogP contribution in [0.5, 0.6) is 0 Å². The highest BCUT2D eigenvalue weighted by Crippen LogP contribution is 2.69. The van der Waals surface area contributed by atoms with Crippen LogP contribution in [-0.4, -0.2) is 54.1 Å². The number of likely N-dealkylation sites (tertiary alicyclic amines) is 1. The molecule has 3 saturated heterocycles. The summed E-state index contributed by atoms with van der Waals surface area (Å²) in [4.78, 5) is 35.9. The zero-order valence-electron chi connectivity index (χ0n) is 24.0. The van der Waals surface area contributed by atoms with Gasteiger partial charge in [0.15, 0.2) is 11.6 Å². The number of ketones is 2. The molecule has 4 aromatic carbocycles. The molecule has 6 heteroatoms. The predicted octanol–water partition coefficient (Wildman–Crippen LogP) is 7.99. The lowest BCUT2D eigenvalue weighted by molar-refractivity contribution is -0.134. The number of rotatable bonds is 2. The third-order valence-corrected chi connectivity index (χ3v) is 12.0. The molecule has 4 aliphatic rings. The summed E-state index contributed by atoms with van der Waals surface area (Å²) in [5.41, 5.74) is 2.49. The Balaban J connectivity index is 1.49. The first-order valence-electron chi connectivity index (χ1n) is 15.2. The Morgan fingerprint density at radius 3 is 2.37 bits per heavy atom. The standard InChI is InChI=1S/C37H32Br2N2O2/c1-40-21-25(20-24-10-2-4-16-29(24)38)34(42)36(22-40)33(26-13-3-5-17-30(26)39)31-18-6-7-19-41(31)37(36)28-15-9-12-23-11-8-14-27(32(23)28)35(37)43/h2-5,8-17,20,31,33H,6-7,18-19,21-22H2,1H3/b25-20+/t31-,33-,36-,37-/m0/s1. The maximum Gasteiger partial charge on any atom is 0.189 e. The first-order valence-corrected chi connectivity index (χ1v) is 16.7. The molecule has 0 radical (unpaired) electrons. The van der Waals surface area contributed by atoms with Gasteiger partial charge in [-0.25, -0.2) is 0 Å². The van der Waals surface area contributed by atoms with Gasteiger partial charge >= 0.3 is 0 Å². The Kier molecular flexibility index (Phi) is 6.47. The molecule has 3 aliphatic heterocycles. The van der Waals surface area contributed by atoms with Crippen molar-refractivity contribution in [2.45, 2.75) is 36.8 Å². The van der Waals surface area contributed by atoms with Crippen LogP contribution < -0.4 is 0 Å². The van der Waals surface area contributed by atoms with Crippen LogP contribution in [0.3, 0.4) is 0 Å². The summed E-state index contributed by atoms with van der Waals surface area (Å²) in [5.74, 6) is 0.0223. The van der Waals surface area contributed by atoms with Crippen molar-refractivity contribution in [2.75, 3.05) is 26.7 Å². The van der Waals surface area contributed by atoms with E-state index in [9.17, 15) is 0 Å². The molecule has 216 valence electrons. The zero-order valence-corrected chi connectivity index (χ0v) is 27.2. The van der Waals surface area contributed by atoms with Crippen LogP contribution in [0.25, 0.3) is 16.8 Å². The number of hydrogen-bond donors (Lipinski definition) is 0. The molecule has 43 heavy (non-hydrogen) atoms. The van der Waals surface area contributed by atoms with Gasteiger partial charge in [0, 0.05) is 45.1 Å². The number of likely N-dealkylation sites (N-methyl/N-ethyl adjacent to an activating group) is 1. The van der Waals surface area contributed by atoms with Crippen molar-refractivity contribution < 1.29 is 9.59 Å². The van der Waals surface area contributed by atoms with Crippen molar-refractivity contribution in [2.24, 2.45) is 5.41 Å². The van der Waals surface area contributed by atoms with Crippen molar-refractivity contribution in [1.82, 2.24) is 9.80 Å². The van der Waals surface area contributed by atoms with Gasteiger partial charge < -0.3 is 4.90 Å². The normalized spacial score (nSPS) is 29.8. The van der Waals surface area contributed by atoms with Gasteiger partial charge in [0.05, 0.1) is 5.41 Å². The molecule has 1 aliphatic carbocycles. The molecule has 4 atom stereocenters. The highest BCUT2D eigenvalue weighted by Gasteiger charge is 2.77. The van der Waals surface area contributed by atoms with Gasteiger partial charge in [0.25, 0.3) is 0 Å². The molecule has 0 N–H and O–H groups in total. The lowest BCUT2D eigenvalue weighted by Gasteiger charge is -2.52. The smallest absolute Gasteiger partial charge is 0.189 e. The fourth-order valence-electron chi connectivity index (χ4n) is 9.22. The molecule has 3 heterocycles. The Bertz CT molecular complexity index is 1860. The highest BCUT2D eigenvalue weighted by atomic mass is 79.9. The molecule has 0 aromatic heterocycles. The number of carbonyl (C=O) groups excluding carboxylic acids is 2. The van der Waals surface area contributed by atoms with E-state index in [1.54, 1.807) is 0 Å². The molecule has 0 amide bonds. The Hall–Kier alpha value is -2.90. The van der Waals surface area contributed by atoms with Crippen molar-refractivity contribution in [1.29, 1.82) is 0 Å². The van der Waals surface area contributed by atoms with Gasteiger partial charge in [-0.1, -0.05) is 111 Å². The number of carbonyl (C=O) groups is 2. The molecular formula is C37H32Br2N2O2. The van der Waals surface area contributed by atoms with Gasteiger partial charge in [-0.2, -0.15) is 0 Å². The molecule has 0 unspecified atom stereocenters. The van der Waals surface area contributed by atoms with E-state index in [4.69, 9.17) is 0 Å². The zero-order chi connectivity index (χ0) is 29.5. The molecule has 4 aromatic rings.